The third kappa shape index (κ3) is 4.96. The Bertz CT molecular complexity index is 3490. The summed E-state index contributed by atoms with van der Waals surface area (Å²) in [7, 11) is 0. The molecule has 9 aromatic carbocycles. The number of rotatable bonds is 5. The lowest BCUT2D eigenvalue weighted by atomic mass is 9.97. The molecule has 0 aliphatic heterocycles. The fourth-order valence-electron chi connectivity index (χ4n) is 9.19. The first-order chi connectivity index (χ1) is 28.3. The van der Waals surface area contributed by atoms with Gasteiger partial charge < -0.3 is 9.13 Å². The lowest BCUT2D eigenvalue weighted by Crippen LogP contribution is -1.94. The number of hydrogen-bond donors (Lipinski definition) is 0. The molecule has 0 fully saturated rings. The third-order valence-electron chi connectivity index (χ3n) is 11.8. The zero-order chi connectivity index (χ0) is 37.5. The fourth-order valence-corrected chi connectivity index (χ4v) is 10.3. The van der Waals surface area contributed by atoms with E-state index in [1.165, 1.54) is 103 Å². The van der Waals surface area contributed by atoms with Gasteiger partial charge in [-0.25, -0.2) is 0 Å². The van der Waals surface area contributed by atoms with Crippen LogP contribution in [0.25, 0.3) is 109 Å². The number of aromatic nitrogens is 2. The molecule has 0 radical (unpaired) electrons. The van der Waals surface area contributed by atoms with Crippen LogP contribution < -0.4 is 0 Å². The molecule has 12 aromatic rings. The highest BCUT2D eigenvalue weighted by atomic mass is 32.1. The smallest absolute Gasteiger partial charge is 0.0547 e. The van der Waals surface area contributed by atoms with Gasteiger partial charge in [-0.3, -0.25) is 0 Å². The van der Waals surface area contributed by atoms with Gasteiger partial charge in [-0.1, -0.05) is 146 Å². The molecule has 0 atom stereocenters. The molecule has 0 saturated heterocycles. The molecule has 57 heavy (non-hydrogen) atoms. The number of hydrogen-bond acceptors (Lipinski definition) is 1. The molecule has 12 rings (SSSR count). The SMILES string of the molecule is c1ccc(-n2c3ccccc3c3c(-c4ccc5c6ccccc6n(-c6ccc(-c7ccc(-c8cccc9sc%10ccccc%10c89)cc7)cc6)c5c4)cccc32)cc1. The van der Waals surface area contributed by atoms with Gasteiger partial charge in [-0.05, 0) is 94.0 Å². The van der Waals surface area contributed by atoms with Gasteiger partial charge in [-0.15, -0.1) is 11.3 Å². The van der Waals surface area contributed by atoms with E-state index in [0.717, 1.165) is 5.69 Å². The van der Waals surface area contributed by atoms with E-state index in [1.807, 2.05) is 11.3 Å². The first-order valence-electron chi connectivity index (χ1n) is 19.5. The highest BCUT2D eigenvalue weighted by Crippen LogP contribution is 2.42. The number of fused-ring (bicyclic) bond motifs is 9. The Morgan fingerprint density at radius 3 is 1.58 bits per heavy atom. The highest BCUT2D eigenvalue weighted by molar-refractivity contribution is 7.25. The van der Waals surface area contributed by atoms with Crippen molar-refractivity contribution in [2.45, 2.75) is 0 Å². The molecule has 266 valence electrons. The summed E-state index contributed by atoms with van der Waals surface area (Å²) in [5, 5.41) is 7.72. The number of para-hydroxylation sites is 3. The average Bonchev–Trinajstić information content (AvgIpc) is 3.94. The lowest BCUT2D eigenvalue weighted by Gasteiger charge is -2.12. The summed E-state index contributed by atoms with van der Waals surface area (Å²) in [5.41, 5.74) is 14.5. The summed E-state index contributed by atoms with van der Waals surface area (Å²) in [6.45, 7) is 0. The summed E-state index contributed by atoms with van der Waals surface area (Å²) in [6.07, 6.45) is 0. The molecular weight excluding hydrogens is 709 g/mol. The minimum Gasteiger partial charge on any atom is -0.309 e. The van der Waals surface area contributed by atoms with Crippen LogP contribution in [-0.2, 0) is 0 Å². The minimum absolute atomic E-state index is 1.15. The van der Waals surface area contributed by atoms with Crippen molar-refractivity contribution in [3.8, 4) is 44.8 Å². The van der Waals surface area contributed by atoms with Gasteiger partial charge >= 0.3 is 0 Å². The van der Waals surface area contributed by atoms with Crippen LogP contribution in [0.2, 0.25) is 0 Å². The maximum absolute atomic E-state index is 2.43. The van der Waals surface area contributed by atoms with Crippen LogP contribution in [-0.4, -0.2) is 9.13 Å². The molecule has 3 heterocycles. The zero-order valence-corrected chi connectivity index (χ0v) is 31.7. The Morgan fingerprint density at radius 1 is 0.281 bits per heavy atom. The molecule has 0 aliphatic carbocycles. The topological polar surface area (TPSA) is 9.86 Å². The van der Waals surface area contributed by atoms with Crippen LogP contribution in [0.3, 0.4) is 0 Å². The fraction of sp³-hybridized carbons (Fsp3) is 0. The molecule has 0 amide bonds. The molecule has 0 aliphatic rings. The van der Waals surface area contributed by atoms with Crippen molar-refractivity contribution >= 4 is 75.1 Å². The highest BCUT2D eigenvalue weighted by Gasteiger charge is 2.18. The Labute approximate surface area is 333 Å². The Hall–Kier alpha value is -7.20. The van der Waals surface area contributed by atoms with Crippen molar-refractivity contribution in [3.05, 3.63) is 206 Å². The van der Waals surface area contributed by atoms with Crippen LogP contribution in [0.15, 0.2) is 206 Å². The zero-order valence-electron chi connectivity index (χ0n) is 30.9. The Balaban J connectivity index is 0.960. The molecule has 0 spiro atoms. The Morgan fingerprint density at radius 2 is 0.789 bits per heavy atom. The van der Waals surface area contributed by atoms with Crippen molar-refractivity contribution in [3.63, 3.8) is 0 Å². The van der Waals surface area contributed by atoms with E-state index in [9.17, 15) is 0 Å². The summed E-state index contributed by atoms with van der Waals surface area (Å²) in [5.74, 6) is 0. The summed E-state index contributed by atoms with van der Waals surface area (Å²) >= 11 is 1.87. The van der Waals surface area contributed by atoms with Crippen molar-refractivity contribution in [2.24, 2.45) is 0 Å². The third-order valence-corrected chi connectivity index (χ3v) is 12.9. The van der Waals surface area contributed by atoms with Crippen molar-refractivity contribution < 1.29 is 0 Å². The predicted molar refractivity (Wildman–Crippen MR) is 244 cm³/mol. The molecule has 0 unspecified atom stereocenters. The molecule has 0 saturated carbocycles. The summed E-state index contributed by atoms with van der Waals surface area (Å²) in [6, 6.07) is 75.6. The van der Waals surface area contributed by atoms with Crippen molar-refractivity contribution in [2.75, 3.05) is 0 Å². The summed E-state index contributed by atoms with van der Waals surface area (Å²) < 4.78 is 7.49. The van der Waals surface area contributed by atoms with Crippen molar-refractivity contribution in [1.29, 1.82) is 0 Å². The quantitative estimate of drug-likeness (QED) is 0.166. The van der Waals surface area contributed by atoms with Gasteiger partial charge in [0, 0.05) is 53.1 Å². The first kappa shape index (κ1) is 32.1. The number of nitrogens with zero attached hydrogens (tertiary/aromatic N) is 2. The van der Waals surface area contributed by atoms with Crippen LogP contribution in [0.5, 0.6) is 0 Å². The molecular formula is C54H34N2S. The average molecular weight is 743 g/mol. The second kappa shape index (κ2) is 12.7. The van der Waals surface area contributed by atoms with Crippen LogP contribution >= 0.6 is 11.3 Å². The minimum atomic E-state index is 1.15. The van der Waals surface area contributed by atoms with E-state index in [-0.39, 0.29) is 0 Å². The van der Waals surface area contributed by atoms with Gasteiger partial charge in [-0.2, -0.15) is 0 Å². The normalized spacial score (nSPS) is 11.9. The first-order valence-corrected chi connectivity index (χ1v) is 20.3. The second-order valence-electron chi connectivity index (χ2n) is 14.9. The van der Waals surface area contributed by atoms with Crippen LogP contribution in [0, 0.1) is 0 Å². The van der Waals surface area contributed by atoms with Gasteiger partial charge in [0.2, 0.25) is 0 Å². The standard InChI is InChI=1S/C54H34N2S/c1-2-12-39(13-3-1)55-48-20-8-5-15-45(48)53-42(17-10-21-49(53)55)38-30-33-44-43-14-4-7-19-47(43)56(50(44)34-38)40-31-28-36(29-32-40)35-24-26-37(27-25-35)41-18-11-23-52-54(41)46-16-6-9-22-51(46)57-52/h1-34H. The van der Waals surface area contributed by atoms with E-state index < -0.39 is 0 Å². The Kier molecular flexibility index (Phi) is 7.13. The largest absolute Gasteiger partial charge is 0.309 e. The lowest BCUT2D eigenvalue weighted by molar-refractivity contribution is 1.18. The molecule has 2 nitrogen and oxygen atoms in total. The predicted octanol–water partition coefficient (Wildman–Crippen LogP) is 15.2. The van der Waals surface area contributed by atoms with Gasteiger partial charge in [0.05, 0.1) is 22.1 Å². The monoisotopic (exact) mass is 742 g/mol. The van der Waals surface area contributed by atoms with E-state index in [2.05, 4.69) is 215 Å². The van der Waals surface area contributed by atoms with Gasteiger partial charge in [0.1, 0.15) is 0 Å². The van der Waals surface area contributed by atoms with E-state index in [4.69, 9.17) is 0 Å². The second-order valence-corrected chi connectivity index (χ2v) is 16.0. The van der Waals surface area contributed by atoms with Crippen LogP contribution in [0.1, 0.15) is 0 Å². The van der Waals surface area contributed by atoms with E-state index >= 15 is 0 Å². The number of thiophene rings is 1. The number of benzene rings is 9. The molecule has 3 aromatic heterocycles. The van der Waals surface area contributed by atoms with Crippen LogP contribution in [0.4, 0.5) is 0 Å². The molecule has 0 bridgehead atoms. The van der Waals surface area contributed by atoms with Crippen molar-refractivity contribution in [1.82, 2.24) is 9.13 Å². The molecule has 0 N–H and O–H groups in total. The van der Waals surface area contributed by atoms with Gasteiger partial charge in [0.15, 0.2) is 0 Å². The van der Waals surface area contributed by atoms with E-state index in [1.54, 1.807) is 0 Å². The van der Waals surface area contributed by atoms with Gasteiger partial charge in [0.25, 0.3) is 0 Å². The maximum atomic E-state index is 2.43. The maximum Gasteiger partial charge on any atom is 0.0547 e. The van der Waals surface area contributed by atoms with E-state index in [0.29, 0.717) is 0 Å². The summed E-state index contributed by atoms with van der Waals surface area (Å²) in [4.78, 5) is 0. The molecule has 3 heteroatoms.